The standard InChI is InChI=1S/C20H25ClFN3OS/c1-3-4-8-24-9-5-10-25(12-11-24)20(26)18-14(2)23-19(27-18)16-7-6-15(21)13-17(16)22/h6-7,13H,3-5,8-12H2,1-2H3. The predicted molar refractivity (Wildman–Crippen MR) is 109 cm³/mol. The Morgan fingerprint density at radius 3 is 2.85 bits per heavy atom. The van der Waals surface area contributed by atoms with E-state index in [0.717, 1.165) is 39.1 Å². The third kappa shape index (κ3) is 4.86. The van der Waals surface area contributed by atoms with Crippen molar-refractivity contribution in [2.75, 3.05) is 32.7 Å². The second kappa shape index (κ2) is 9.13. The summed E-state index contributed by atoms with van der Waals surface area (Å²) in [6.07, 6.45) is 3.35. The molecule has 2 aromatic rings. The van der Waals surface area contributed by atoms with Crippen LogP contribution in [-0.2, 0) is 0 Å². The van der Waals surface area contributed by atoms with E-state index in [0.29, 0.717) is 26.2 Å². The SMILES string of the molecule is CCCCN1CCCN(C(=O)c2sc(-c3ccc(Cl)cc3F)nc2C)CC1. The maximum atomic E-state index is 14.2. The van der Waals surface area contributed by atoms with Crippen molar-refractivity contribution >= 4 is 28.8 Å². The average molecular weight is 410 g/mol. The molecule has 0 saturated carbocycles. The smallest absolute Gasteiger partial charge is 0.265 e. The lowest BCUT2D eigenvalue weighted by atomic mass is 10.2. The molecule has 0 N–H and O–H groups in total. The van der Waals surface area contributed by atoms with Crippen molar-refractivity contribution in [2.24, 2.45) is 0 Å². The highest BCUT2D eigenvalue weighted by Crippen LogP contribution is 2.32. The summed E-state index contributed by atoms with van der Waals surface area (Å²) in [6, 6.07) is 4.52. The molecular formula is C20H25ClFN3OS. The van der Waals surface area contributed by atoms with E-state index in [1.54, 1.807) is 12.1 Å². The van der Waals surface area contributed by atoms with Crippen molar-refractivity contribution in [1.29, 1.82) is 0 Å². The van der Waals surface area contributed by atoms with Crippen LogP contribution in [0.4, 0.5) is 4.39 Å². The van der Waals surface area contributed by atoms with Gasteiger partial charge in [0, 0.05) is 30.2 Å². The lowest BCUT2D eigenvalue weighted by Crippen LogP contribution is -2.35. The zero-order valence-corrected chi connectivity index (χ0v) is 17.4. The minimum Gasteiger partial charge on any atom is -0.337 e. The van der Waals surface area contributed by atoms with Gasteiger partial charge in [-0.1, -0.05) is 24.9 Å². The van der Waals surface area contributed by atoms with Gasteiger partial charge in [-0.2, -0.15) is 0 Å². The number of hydrogen-bond donors (Lipinski definition) is 0. The monoisotopic (exact) mass is 409 g/mol. The summed E-state index contributed by atoms with van der Waals surface area (Å²) in [4.78, 5) is 22.4. The Bertz CT molecular complexity index is 811. The summed E-state index contributed by atoms with van der Waals surface area (Å²) in [6.45, 7) is 8.52. The maximum absolute atomic E-state index is 14.2. The minimum atomic E-state index is -0.420. The number of carbonyl (C=O) groups excluding carboxylic acids is 1. The van der Waals surface area contributed by atoms with Crippen molar-refractivity contribution in [1.82, 2.24) is 14.8 Å². The molecule has 1 aliphatic rings. The van der Waals surface area contributed by atoms with E-state index in [4.69, 9.17) is 11.6 Å². The van der Waals surface area contributed by atoms with Crippen LogP contribution in [0.25, 0.3) is 10.6 Å². The molecule has 2 heterocycles. The maximum Gasteiger partial charge on any atom is 0.265 e. The van der Waals surface area contributed by atoms with Gasteiger partial charge in [0.2, 0.25) is 0 Å². The highest BCUT2D eigenvalue weighted by atomic mass is 35.5. The van der Waals surface area contributed by atoms with Gasteiger partial charge < -0.3 is 9.80 Å². The van der Waals surface area contributed by atoms with Crippen molar-refractivity contribution in [2.45, 2.75) is 33.1 Å². The molecule has 7 heteroatoms. The fraction of sp³-hybridized carbons (Fsp3) is 0.500. The number of benzene rings is 1. The summed E-state index contributed by atoms with van der Waals surface area (Å²) in [5.74, 6) is -0.417. The van der Waals surface area contributed by atoms with E-state index in [-0.39, 0.29) is 5.91 Å². The van der Waals surface area contributed by atoms with Crippen LogP contribution in [0.15, 0.2) is 18.2 Å². The van der Waals surface area contributed by atoms with Crippen molar-refractivity contribution < 1.29 is 9.18 Å². The Morgan fingerprint density at radius 1 is 1.30 bits per heavy atom. The van der Waals surface area contributed by atoms with Gasteiger partial charge >= 0.3 is 0 Å². The molecule has 0 aliphatic carbocycles. The largest absolute Gasteiger partial charge is 0.337 e. The molecule has 1 fully saturated rings. The third-order valence-electron chi connectivity index (χ3n) is 4.86. The van der Waals surface area contributed by atoms with Crippen molar-refractivity contribution in [3.8, 4) is 10.6 Å². The fourth-order valence-electron chi connectivity index (χ4n) is 3.30. The van der Waals surface area contributed by atoms with Gasteiger partial charge in [-0.3, -0.25) is 4.79 Å². The molecule has 0 spiro atoms. The molecule has 0 bridgehead atoms. The number of nitrogens with zero attached hydrogens (tertiary/aromatic N) is 3. The number of unbranched alkanes of at least 4 members (excludes halogenated alkanes) is 1. The van der Waals surface area contributed by atoms with Crippen LogP contribution in [0.5, 0.6) is 0 Å². The van der Waals surface area contributed by atoms with E-state index in [1.165, 1.54) is 30.2 Å². The van der Waals surface area contributed by atoms with Gasteiger partial charge in [0.25, 0.3) is 5.91 Å². The van der Waals surface area contributed by atoms with E-state index in [9.17, 15) is 9.18 Å². The third-order valence-corrected chi connectivity index (χ3v) is 6.27. The summed E-state index contributed by atoms with van der Waals surface area (Å²) in [5.41, 5.74) is 1.04. The van der Waals surface area contributed by atoms with E-state index < -0.39 is 5.82 Å². The summed E-state index contributed by atoms with van der Waals surface area (Å²) in [7, 11) is 0. The molecule has 146 valence electrons. The summed E-state index contributed by atoms with van der Waals surface area (Å²) >= 11 is 7.09. The molecule has 1 aromatic carbocycles. The molecule has 0 unspecified atom stereocenters. The number of amides is 1. The number of carbonyl (C=O) groups is 1. The van der Waals surface area contributed by atoms with Crippen LogP contribution >= 0.6 is 22.9 Å². The quantitative estimate of drug-likeness (QED) is 0.707. The van der Waals surface area contributed by atoms with E-state index >= 15 is 0 Å². The molecule has 27 heavy (non-hydrogen) atoms. The fourth-order valence-corrected chi connectivity index (χ4v) is 4.52. The molecule has 1 amide bonds. The van der Waals surface area contributed by atoms with Gasteiger partial charge in [-0.25, -0.2) is 9.37 Å². The lowest BCUT2D eigenvalue weighted by molar-refractivity contribution is 0.0765. The average Bonchev–Trinajstić information content (AvgIpc) is 2.87. The van der Waals surface area contributed by atoms with Crippen LogP contribution in [0, 0.1) is 12.7 Å². The van der Waals surface area contributed by atoms with Crippen LogP contribution < -0.4 is 0 Å². The number of aryl methyl sites for hydroxylation is 1. The number of hydrogen-bond acceptors (Lipinski definition) is 4. The molecule has 1 aliphatic heterocycles. The van der Waals surface area contributed by atoms with E-state index in [1.807, 2.05) is 11.8 Å². The van der Waals surface area contributed by atoms with Gasteiger partial charge in [0.15, 0.2) is 0 Å². The number of rotatable bonds is 5. The first-order valence-corrected chi connectivity index (χ1v) is 10.6. The molecule has 3 rings (SSSR count). The van der Waals surface area contributed by atoms with Crippen LogP contribution in [-0.4, -0.2) is 53.4 Å². The Balaban J connectivity index is 1.74. The number of halogens is 2. The van der Waals surface area contributed by atoms with E-state index in [2.05, 4.69) is 16.8 Å². The topological polar surface area (TPSA) is 36.4 Å². The van der Waals surface area contributed by atoms with Gasteiger partial charge in [0.1, 0.15) is 15.7 Å². The van der Waals surface area contributed by atoms with Crippen molar-refractivity contribution in [3.05, 3.63) is 39.6 Å². The lowest BCUT2D eigenvalue weighted by Gasteiger charge is -2.21. The van der Waals surface area contributed by atoms with Crippen LogP contribution in [0.1, 0.15) is 41.6 Å². The Morgan fingerprint density at radius 2 is 2.11 bits per heavy atom. The molecule has 0 atom stereocenters. The molecule has 1 aromatic heterocycles. The highest BCUT2D eigenvalue weighted by molar-refractivity contribution is 7.17. The zero-order valence-electron chi connectivity index (χ0n) is 15.8. The van der Waals surface area contributed by atoms with Gasteiger partial charge in [-0.05, 0) is 51.1 Å². The first-order chi connectivity index (χ1) is 13.0. The second-order valence-corrected chi connectivity index (χ2v) is 8.33. The molecular weight excluding hydrogens is 385 g/mol. The van der Waals surface area contributed by atoms with Crippen molar-refractivity contribution in [3.63, 3.8) is 0 Å². The first kappa shape index (κ1) is 20.2. The highest BCUT2D eigenvalue weighted by Gasteiger charge is 2.24. The minimum absolute atomic E-state index is 0.00274. The Hall–Kier alpha value is -1.50. The van der Waals surface area contributed by atoms with Crippen LogP contribution in [0.2, 0.25) is 5.02 Å². The zero-order chi connectivity index (χ0) is 19.4. The Labute approximate surface area is 169 Å². The normalized spacial score (nSPS) is 15.8. The van der Waals surface area contributed by atoms with Gasteiger partial charge in [0.05, 0.1) is 5.69 Å². The predicted octanol–water partition coefficient (Wildman–Crippen LogP) is 4.86. The molecule has 0 radical (unpaired) electrons. The number of aromatic nitrogens is 1. The first-order valence-electron chi connectivity index (χ1n) is 9.44. The van der Waals surface area contributed by atoms with Gasteiger partial charge in [-0.15, -0.1) is 11.3 Å². The summed E-state index contributed by atoms with van der Waals surface area (Å²) in [5, 5.41) is 0.863. The van der Waals surface area contributed by atoms with Crippen LogP contribution in [0.3, 0.4) is 0 Å². The molecule has 1 saturated heterocycles. The molecule has 4 nitrogen and oxygen atoms in total. The number of thiazole rings is 1. The second-order valence-electron chi connectivity index (χ2n) is 6.90. The summed E-state index contributed by atoms with van der Waals surface area (Å²) < 4.78 is 14.2. The Kier molecular flexibility index (Phi) is 6.84.